The largest absolute Gasteiger partial charge is 0.368 e. The molecule has 19 heavy (non-hydrogen) atoms. The van der Waals surface area contributed by atoms with Crippen molar-refractivity contribution in [2.24, 2.45) is 0 Å². The Hall–Kier alpha value is -1.36. The third kappa shape index (κ3) is 2.66. The smallest absolute Gasteiger partial charge is 0.223 e. The highest BCUT2D eigenvalue weighted by molar-refractivity contribution is 7.18. The van der Waals surface area contributed by atoms with Gasteiger partial charge >= 0.3 is 0 Å². The summed E-state index contributed by atoms with van der Waals surface area (Å²) in [6.45, 7) is 9.66. The van der Waals surface area contributed by atoms with Crippen LogP contribution in [0.1, 0.15) is 39.0 Å². The summed E-state index contributed by atoms with van der Waals surface area (Å²) in [6.07, 6.45) is 2.11. The van der Waals surface area contributed by atoms with Crippen LogP contribution in [0.4, 0.5) is 11.8 Å². The lowest BCUT2D eigenvalue weighted by molar-refractivity contribution is 0.625. The standard InChI is InChI=1S/C14H22N4S/c1-5-9(4)18(7-3)12-11-8-10(6-2)19-13(11)17-14(15)16-12/h8-9H,5-7H2,1-4H3,(H2,15,16,17). The van der Waals surface area contributed by atoms with Crippen molar-refractivity contribution in [1.29, 1.82) is 0 Å². The summed E-state index contributed by atoms with van der Waals surface area (Å²) in [4.78, 5) is 13.5. The van der Waals surface area contributed by atoms with Crippen molar-refractivity contribution in [2.45, 2.75) is 46.6 Å². The first-order chi connectivity index (χ1) is 9.10. The predicted molar refractivity (Wildman–Crippen MR) is 84.0 cm³/mol. The first-order valence-electron chi connectivity index (χ1n) is 6.93. The number of nitrogen functional groups attached to an aromatic ring is 1. The van der Waals surface area contributed by atoms with Gasteiger partial charge in [-0.15, -0.1) is 11.3 Å². The van der Waals surface area contributed by atoms with Crippen molar-refractivity contribution >= 4 is 33.3 Å². The zero-order chi connectivity index (χ0) is 14.0. The molecule has 2 rings (SSSR count). The third-order valence-corrected chi connectivity index (χ3v) is 4.70. The molecule has 0 amide bonds. The maximum Gasteiger partial charge on any atom is 0.223 e. The molecular weight excluding hydrogens is 256 g/mol. The van der Waals surface area contributed by atoms with Gasteiger partial charge in [0.05, 0.1) is 5.39 Å². The summed E-state index contributed by atoms with van der Waals surface area (Å²) >= 11 is 1.72. The molecule has 0 saturated carbocycles. The molecule has 1 unspecified atom stereocenters. The number of hydrogen-bond donors (Lipinski definition) is 1. The Morgan fingerprint density at radius 2 is 2.05 bits per heavy atom. The second kappa shape index (κ2) is 5.74. The van der Waals surface area contributed by atoms with Crippen molar-refractivity contribution < 1.29 is 0 Å². The molecule has 0 saturated heterocycles. The van der Waals surface area contributed by atoms with Crippen LogP contribution >= 0.6 is 11.3 Å². The minimum atomic E-state index is 0.369. The van der Waals surface area contributed by atoms with E-state index in [1.807, 2.05) is 0 Å². The van der Waals surface area contributed by atoms with Crippen LogP contribution in [0.15, 0.2) is 6.07 Å². The van der Waals surface area contributed by atoms with Crippen LogP contribution in [0.5, 0.6) is 0 Å². The van der Waals surface area contributed by atoms with Gasteiger partial charge in [-0.05, 0) is 32.8 Å². The van der Waals surface area contributed by atoms with E-state index in [0.29, 0.717) is 12.0 Å². The Bertz CT molecular complexity index is 564. The van der Waals surface area contributed by atoms with Gasteiger partial charge < -0.3 is 10.6 Å². The fourth-order valence-corrected chi connectivity index (χ4v) is 3.22. The zero-order valence-corrected chi connectivity index (χ0v) is 12.9. The highest BCUT2D eigenvalue weighted by atomic mass is 32.1. The predicted octanol–water partition coefficient (Wildman–Crippen LogP) is 3.46. The average molecular weight is 278 g/mol. The molecule has 0 aliphatic rings. The van der Waals surface area contributed by atoms with E-state index in [9.17, 15) is 0 Å². The van der Waals surface area contributed by atoms with E-state index in [2.05, 4.69) is 48.6 Å². The van der Waals surface area contributed by atoms with Crippen molar-refractivity contribution in [3.63, 3.8) is 0 Å². The first-order valence-corrected chi connectivity index (χ1v) is 7.74. The van der Waals surface area contributed by atoms with Crippen LogP contribution in [0.3, 0.4) is 0 Å². The number of rotatable bonds is 5. The molecule has 0 spiro atoms. The van der Waals surface area contributed by atoms with Crippen molar-refractivity contribution in [2.75, 3.05) is 17.2 Å². The van der Waals surface area contributed by atoms with Gasteiger partial charge in [0, 0.05) is 17.5 Å². The number of anilines is 2. The van der Waals surface area contributed by atoms with Gasteiger partial charge in [0.25, 0.3) is 0 Å². The molecular formula is C14H22N4S. The van der Waals surface area contributed by atoms with E-state index in [-0.39, 0.29) is 0 Å². The number of hydrogen-bond acceptors (Lipinski definition) is 5. The third-order valence-electron chi connectivity index (χ3n) is 3.53. The summed E-state index contributed by atoms with van der Waals surface area (Å²) in [5, 5.41) is 1.14. The summed E-state index contributed by atoms with van der Waals surface area (Å²) in [5.74, 6) is 1.35. The van der Waals surface area contributed by atoms with E-state index < -0.39 is 0 Å². The number of nitrogens with two attached hydrogens (primary N) is 1. The fourth-order valence-electron chi connectivity index (χ4n) is 2.26. The van der Waals surface area contributed by atoms with Gasteiger partial charge in [0.1, 0.15) is 10.6 Å². The normalized spacial score (nSPS) is 12.8. The Labute approximate surface area is 118 Å². The zero-order valence-electron chi connectivity index (χ0n) is 12.1. The van der Waals surface area contributed by atoms with Crippen molar-refractivity contribution in [3.05, 3.63) is 10.9 Å². The van der Waals surface area contributed by atoms with E-state index in [1.54, 1.807) is 11.3 Å². The van der Waals surface area contributed by atoms with Crippen LogP contribution < -0.4 is 10.6 Å². The summed E-state index contributed by atoms with van der Waals surface area (Å²) in [7, 11) is 0. The maximum absolute atomic E-state index is 5.87. The van der Waals surface area contributed by atoms with Gasteiger partial charge in [0.2, 0.25) is 5.95 Å². The van der Waals surface area contributed by atoms with Gasteiger partial charge in [-0.25, -0.2) is 4.98 Å². The van der Waals surface area contributed by atoms with Gasteiger partial charge in [-0.2, -0.15) is 4.98 Å². The lowest BCUT2D eigenvalue weighted by atomic mass is 10.2. The number of nitrogens with zero attached hydrogens (tertiary/aromatic N) is 3. The Kier molecular flexibility index (Phi) is 4.24. The molecule has 0 aliphatic heterocycles. The summed E-state index contributed by atoms with van der Waals surface area (Å²) < 4.78 is 0. The molecule has 0 aliphatic carbocycles. The van der Waals surface area contributed by atoms with E-state index in [0.717, 1.165) is 35.4 Å². The van der Waals surface area contributed by atoms with Crippen LogP contribution in [-0.2, 0) is 6.42 Å². The lowest BCUT2D eigenvalue weighted by Gasteiger charge is -2.28. The number of fused-ring (bicyclic) bond motifs is 1. The van der Waals surface area contributed by atoms with E-state index >= 15 is 0 Å². The van der Waals surface area contributed by atoms with Crippen LogP contribution in [0.25, 0.3) is 10.2 Å². The minimum Gasteiger partial charge on any atom is -0.368 e. The molecule has 0 fully saturated rings. The van der Waals surface area contributed by atoms with E-state index in [4.69, 9.17) is 5.73 Å². The highest BCUT2D eigenvalue weighted by Crippen LogP contribution is 2.32. The number of thiophene rings is 1. The number of aryl methyl sites for hydroxylation is 1. The molecule has 2 aromatic heterocycles. The molecule has 4 nitrogen and oxygen atoms in total. The van der Waals surface area contributed by atoms with Gasteiger partial charge in [-0.3, -0.25) is 0 Å². The molecule has 2 aromatic rings. The van der Waals surface area contributed by atoms with Crippen molar-refractivity contribution in [1.82, 2.24) is 9.97 Å². The second-order valence-electron chi connectivity index (χ2n) is 4.73. The molecule has 104 valence electrons. The Balaban J connectivity index is 2.59. The maximum atomic E-state index is 5.87. The van der Waals surface area contributed by atoms with Crippen LogP contribution in [-0.4, -0.2) is 22.6 Å². The average Bonchev–Trinajstić information content (AvgIpc) is 2.82. The van der Waals surface area contributed by atoms with Crippen LogP contribution in [0, 0.1) is 0 Å². The number of aromatic nitrogens is 2. The van der Waals surface area contributed by atoms with Gasteiger partial charge in [-0.1, -0.05) is 13.8 Å². The first kappa shape index (κ1) is 14.1. The van der Waals surface area contributed by atoms with Crippen molar-refractivity contribution in [3.8, 4) is 0 Å². The molecule has 1 atom stereocenters. The SMILES string of the molecule is CCc1cc2c(N(CC)C(C)CC)nc(N)nc2s1. The molecule has 0 radical (unpaired) electrons. The second-order valence-corrected chi connectivity index (χ2v) is 5.85. The Morgan fingerprint density at radius 3 is 2.63 bits per heavy atom. The highest BCUT2D eigenvalue weighted by Gasteiger charge is 2.18. The van der Waals surface area contributed by atoms with Gasteiger partial charge in [0.15, 0.2) is 0 Å². The quantitative estimate of drug-likeness (QED) is 0.910. The van der Waals surface area contributed by atoms with Crippen LogP contribution in [0.2, 0.25) is 0 Å². The molecule has 2 heterocycles. The topological polar surface area (TPSA) is 55.0 Å². The minimum absolute atomic E-state index is 0.369. The summed E-state index contributed by atoms with van der Waals surface area (Å²) in [5.41, 5.74) is 5.87. The molecule has 0 aromatic carbocycles. The fraction of sp³-hybridized carbons (Fsp3) is 0.571. The lowest BCUT2D eigenvalue weighted by Crippen LogP contribution is -2.33. The monoisotopic (exact) mass is 278 g/mol. The molecule has 2 N–H and O–H groups in total. The van der Waals surface area contributed by atoms with E-state index in [1.165, 1.54) is 4.88 Å². The molecule has 0 bridgehead atoms. The summed E-state index contributed by atoms with van der Waals surface area (Å²) in [6, 6.07) is 2.66. The Morgan fingerprint density at radius 1 is 1.32 bits per heavy atom. The molecule has 5 heteroatoms.